The molecule has 1 saturated carbocycles. The lowest BCUT2D eigenvalue weighted by atomic mass is 9.92. The number of ether oxygens (including phenoxy) is 2. The SMILES string of the molecule is CCCCC[C@@H](/C=C/[C@@H]1[C@H]2C=C([C@H](F)CCCC(=O)OC)O[C@H]2C[C@H]1O[Si](c1ccccc1)(c1ccccc1)C(C)(C)C)O[Si](c1ccccc1)(c1ccccc1)C(C)(C)C. The first-order valence-corrected chi connectivity index (χ1v) is 26.4. The Morgan fingerprint density at radius 2 is 1.23 bits per heavy atom. The first kappa shape index (κ1) is 46.4. The molecule has 1 aliphatic heterocycles. The Balaban J connectivity index is 1.45. The topological polar surface area (TPSA) is 54.0 Å². The molecule has 6 rings (SSSR count). The van der Waals surface area contributed by atoms with Crippen molar-refractivity contribution in [1.29, 1.82) is 0 Å². The number of allylic oxidation sites excluding steroid dienone is 1. The standard InChI is InChI=1S/C53H69FO5Si2/c1-9-10-15-25-40(58-60(52(2,3)4,41-26-16-11-17-27-41)42-28-18-12-19-29-42)36-37-45-46-38-50(47(54)34-24-35-51(55)56-8)57-48(46)39-49(45)59-61(53(5,6)7,43-30-20-13-21-31-43)44-32-22-14-23-33-44/h11-14,16-23,26-33,36-38,40,45-49H,9-10,15,24-25,34-35,39H2,1-8H3/b37-36+/t40-,45+,46+,47+,48-,49+/m0/s1. The summed E-state index contributed by atoms with van der Waals surface area (Å²) in [7, 11) is -4.48. The normalized spacial score (nSPS) is 20.5. The maximum atomic E-state index is 16.0. The van der Waals surface area contributed by atoms with E-state index < -0.39 is 22.8 Å². The second-order valence-corrected chi connectivity index (χ2v) is 27.6. The first-order valence-electron chi connectivity index (χ1n) is 22.6. The van der Waals surface area contributed by atoms with Crippen LogP contribution < -0.4 is 20.7 Å². The molecule has 0 spiro atoms. The van der Waals surface area contributed by atoms with Crippen LogP contribution in [0.2, 0.25) is 10.1 Å². The van der Waals surface area contributed by atoms with E-state index in [2.05, 4.69) is 182 Å². The number of halogens is 1. The summed E-state index contributed by atoms with van der Waals surface area (Å²) in [6, 6.07) is 43.4. The maximum absolute atomic E-state index is 16.0. The van der Waals surface area contributed by atoms with E-state index in [1.165, 1.54) is 27.9 Å². The number of carbonyl (C=O) groups is 1. The number of fused-ring (bicyclic) bond motifs is 1. The highest BCUT2D eigenvalue weighted by Crippen LogP contribution is 2.48. The van der Waals surface area contributed by atoms with Crippen LogP contribution >= 0.6 is 0 Å². The molecule has 1 heterocycles. The van der Waals surface area contributed by atoms with Gasteiger partial charge in [-0.3, -0.25) is 4.79 Å². The summed E-state index contributed by atoms with van der Waals surface area (Å²) in [5.74, 6) is -0.127. The molecule has 4 aromatic carbocycles. The highest BCUT2D eigenvalue weighted by molar-refractivity contribution is 7.00. The molecule has 0 aromatic heterocycles. The number of hydrogen-bond acceptors (Lipinski definition) is 5. The fourth-order valence-corrected chi connectivity index (χ4v) is 19.3. The second-order valence-electron chi connectivity index (χ2n) is 19.1. The fourth-order valence-electron chi connectivity index (χ4n) is 9.89. The summed E-state index contributed by atoms with van der Waals surface area (Å²) < 4.78 is 43.1. The summed E-state index contributed by atoms with van der Waals surface area (Å²) in [6.45, 7) is 16.2. The smallest absolute Gasteiger partial charge is 0.305 e. The Kier molecular flexibility index (Phi) is 15.5. The molecule has 1 fully saturated rings. The van der Waals surface area contributed by atoms with Crippen LogP contribution in [0.5, 0.6) is 0 Å². The quantitative estimate of drug-likeness (QED) is 0.0407. The predicted octanol–water partition coefficient (Wildman–Crippen LogP) is 10.6. The third-order valence-electron chi connectivity index (χ3n) is 12.9. The van der Waals surface area contributed by atoms with Gasteiger partial charge in [0.05, 0.1) is 19.3 Å². The monoisotopic (exact) mass is 860 g/mol. The molecule has 0 N–H and O–H groups in total. The Hall–Kier alpha value is -4.09. The molecule has 5 nitrogen and oxygen atoms in total. The lowest BCUT2D eigenvalue weighted by Gasteiger charge is -2.46. The van der Waals surface area contributed by atoms with Crippen LogP contribution in [0.4, 0.5) is 4.39 Å². The van der Waals surface area contributed by atoms with Gasteiger partial charge in [-0.25, -0.2) is 4.39 Å². The number of carbonyl (C=O) groups excluding carboxylic acids is 1. The average Bonchev–Trinajstić information content (AvgIpc) is 3.82. The minimum absolute atomic E-state index is 0.0857. The van der Waals surface area contributed by atoms with Crippen molar-refractivity contribution in [2.24, 2.45) is 11.8 Å². The van der Waals surface area contributed by atoms with Gasteiger partial charge in [0.2, 0.25) is 0 Å². The molecule has 6 atom stereocenters. The molecular formula is C53H69FO5Si2. The number of methoxy groups -OCH3 is 1. The van der Waals surface area contributed by atoms with Crippen molar-refractivity contribution >= 4 is 43.4 Å². The number of rotatable bonds is 19. The highest BCUT2D eigenvalue weighted by Gasteiger charge is 2.56. The van der Waals surface area contributed by atoms with Gasteiger partial charge in [0, 0.05) is 24.7 Å². The van der Waals surface area contributed by atoms with Crippen LogP contribution in [0.1, 0.15) is 99.8 Å². The minimum Gasteiger partial charge on any atom is -0.491 e. The zero-order chi connectivity index (χ0) is 43.7. The van der Waals surface area contributed by atoms with Crippen LogP contribution in [0.25, 0.3) is 0 Å². The predicted molar refractivity (Wildman–Crippen MR) is 254 cm³/mol. The number of hydrogen-bond donors (Lipinski definition) is 0. The van der Waals surface area contributed by atoms with Crippen molar-refractivity contribution in [1.82, 2.24) is 0 Å². The highest BCUT2D eigenvalue weighted by atomic mass is 28.4. The van der Waals surface area contributed by atoms with E-state index >= 15 is 4.39 Å². The van der Waals surface area contributed by atoms with E-state index in [-0.39, 0.29) is 59.0 Å². The molecule has 8 heteroatoms. The first-order chi connectivity index (χ1) is 29.2. The molecule has 61 heavy (non-hydrogen) atoms. The summed E-state index contributed by atoms with van der Waals surface area (Å²) >= 11 is 0. The van der Waals surface area contributed by atoms with Gasteiger partial charge in [0.15, 0.2) is 6.17 Å². The summed E-state index contributed by atoms with van der Waals surface area (Å²) in [5, 5.41) is 4.58. The molecule has 2 aliphatic rings. The number of esters is 1. The van der Waals surface area contributed by atoms with Crippen LogP contribution in [0.15, 0.2) is 145 Å². The largest absolute Gasteiger partial charge is 0.491 e. The van der Waals surface area contributed by atoms with Crippen LogP contribution in [-0.4, -0.2) is 54.2 Å². The van der Waals surface area contributed by atoms with E-state index in [1.54, 1.807) is 0 Å². The molecular weight excluding hydrogens is 792 g/mol. The van der Waals surface area contributed by atoms with Gasteiger partial charge < -0.3 is 18.3 Å². The Morgan fingerprint density at radius 1 is 0.738 bits per heavy atom. The molecule has 326 valence electrons. The van der Waals surface area contributed by atoms with Crippen molar-refractivity contribution in [3.8, 4) is 0 Å². The summed E-state index contributed by atoms with van der Waals surface area (Å²) in [4.78, 5) is 11.8. The lowest BCUT2D eigenvalue weighted by Crippen LogP contribution is -2.68. The van der Waals surface area contributed by atoms with Crippen molar-refractivity contribution in [2.75, 3.05) is 7.11 Å². The number of benzene rings is 4. The van der Waals surface area contributed by atoms with Crippen LogP contribution in [-0.2, 0) is 23.1 Å². The van der Waals surface area contributed by atoms with E-state index in [4.69, 9.17) is 18.3 Å². The number of unbranched alkanes of at least 4 members (excludes halogenated alkanes) is 2. The van der Waals surface area contributed by atoms with Crippen molar-refractivity contribution in [2.45, 2.75) is 134 Å². The average molecular weight is 861 g/mol. The van der Waals surface area contributed by atoms with E-state index in [0.29, 0.717) is 18.6 Å². The Labute approximate surface area is 368 Å². The fraction of sp³-hybridized carbons (Fsp3) is 0.453. The van der Waals surface area contributed by atoms with Crippen molar-refractivity contribution in [3.05, 3.63) is 145 Å². The van der Waals surface area contributed by atoms with E-state index in [1.807, 2.05) is 6.08 Å². The zero-order valence-corrected chi connectivity index (χ0v) is 39.8. The minimum atomic E-state index is -2.96. The molecule has 0 unspecified atom stereocenters. The zero-order valence-electron chi connectivity index (χ0n) is 37.8. The van der Waals surface area contributed by atoms with Crippen molar-refractivity contribution in [3.63, 3.8) is 0 Å². The lowest BCUT2D eigenvalue weighted by molar-refractivity contribution is -0.140. The number of alkyl halides is 1. The van der Waals surface area contributed by atoms with Crippen LogP contribution in [0, 0.1) is 11.8 Å². The van der Waals surface area contributed by atoms with Gasteiger partial charge in [0.1, 0.15) is 11.9 Å². The third kappa shape index (κ3) is 10.3. The van der Waals surface area contributed by atoms with Gasteiger partial charge in [-0.2, -0.15) is 0 Å². The third-order valence-corrected chi connectivity index (χ3v) is 23.0. The molecule has 0 radical (unpaired) electrons. The van der Waals surface area contributed by atoms with Gasteiger partial charge >= 0.3 is 5.97 Å². The Morgan fingerprint density at radius 3 is 1.69 bits per heavy atom. The molecule has 0 bridgehead atoms. The van der Waals surface area contributed by atoms with E-state index in [0.717, 1.165) is 25.7 Å². The van der Waals surface area contributed by atoms with Gasteiger partial charge in [0.25, 0.3) is 16.6 Å². The maximum Gasteiger partial charge on any atom is 0.305 e. The summed E-state index contributed by atoms with van der Waals surface area (Å²) in [6.07, 6.45) is 10.4. The Bertz CT molecular complexity index is 1950. The molecule has 1 aliphatic carbocycles. The molecule has 4 aromatic rings. The van der Waals surface area contributed by atoms with Gasteiger partial charge in [-0.1, -0.05) is 201 Å². The molecule has 0 saturated heterocycles. The second kappa shape index (κ2) is 20.4. The van der Waals surface area contributed by atoms with E-state index in [9.17, 15) is 4.79 Å². The van der Waals surface area contributed by atoms with Gasteiger partial charge in [-0.05, 0) is 56.2 Å². The molecule has 0 amide bonds. The van der Waals surface area contributed by atoms with Gasteiger partial charge in [-0.15, -0.1) is 0 Å². The van der Waals surface area contributed by atoms with Crippen LogP contribution in [0.3, 0.4) is 0 Å². The van der Waals surface area contributed by atoms with Crippen molar-refractivity contribution < 1.29 is 27.5 Å². The summed E-state index contributed by atoms with van der Waals surface area (Å²) in [5.41, 5.74) is 0.